The number of hydrogen-bond donors (Lipinski definition) is 2. The fourth-order valence-corrected chi connectivity index (χ4v) is 3.74. The van der Waals surface area contributed by atoms with Gasteiger partial charge in [0.25, 0.3) is 0 Å². The molecule has 0 aliphatic carbocycles. The predicted octanol–water partition coefficient (Wildman–Crippen LogP) is 3.04. The number of rotatable bonds is 5. The average Bonchev–Trinajstić information content (AvgIpc) is 3.15. The number of carbonyl (C=O) groups excluding carboxylic acids is 1. The van der Waals surface area contributed by atoms with Crippen molar-refractivity contribution in [3.8, 4) is 22.9 Å². The second-order valence-corrected chi connectivity index (χ2v) is 7.06. The fraction of sp³-hybridized carbons (Fsp3) is 0.227. The van der Waals surface area contributed by atoms with Crippen LogP contribution in [0.3, 0.4) is 0 Å². The van der Waals surface area contributed by atoms with Gasteiger partial charge in [-0.25, -0.2) is 4.68 Å². The van der Waals surface area contributed by atoms with Gasteiger partial charge in [-0.15, -0.1) is 5.10 Å². The quantitative estimate of drug-likeness (QED) is 0.676. The molecule has 0 radical (unpaired) electrons. The maximum atomic E-state index is 12.4. The Morgan fingerprint density at radius 1 is 1.13 bits per heavy atom. The predicted molar refractivity (Wildman–Crippen MR) is 113 cm³/mol. The van der Waals surface area contributed by atoms with Crippen molar-refractivity contribution in [3.05, 3.63) is 64.9 Å². The molecule has 0 bridgehead atoms. The highest BCUT2D eigenvalue weighted by atomic mass is 16.5. The molecule has 0 saturated carbocycles. The monoisotopic (exact) mass is 405 g/mol. The van der Waals surface area contributed by atoms with Crippen LogP contribution >= 0.6 is 0 Å². The van der Waals surface area contributed by atoms with Crippen molar-refractivity contribution < 1.29 is 14.3 Å². The maximum absolute atomic E-state index is 12.4. The third-order valence-electron chi connectivity index (χ3n) is 5.24. The number of aryl methyl sites for hydroxylation is 1. The van der Waals surface area contributed by atoms with Gasteiger partial charge in [-0.05, 0) is 31.5 Å². The van der Waals surface area contributed by atoms with E-state index in [1.54, 1.807) is 31.9 Å². The van der Waals surface area contributed by atoms with E-state index in [0.29, 0.717) is 34.5 Å². The standard InChI is InChI=1S/C22H23N5O3/c1-12-7-5-6-8-15(12)21-25-22-24-13(2)18(20(23)28)19(27(22)26-21)16-10-9-14(29-3)11-17(16)30-4/h5-11,19H,1-4H3,(H2,23,28)(H,24,25,26). The molecule has 2 heterocycles. The minimum absolute atomic E-state index is 0.396. The lowest BCUT2D eigenvalue weighted by atomic mass is 9.94. The highest BCUT2D eigenvalue weighted by Crippen LogP contribution is 2.41. The lowest BCUT2D eigenvalue weighted by molar-refractivity contribution is -0.115. The smallest absolute Gasteiger partial charge is 0.248 e. The third-order valence-corrected chi connectivity index (χ3v) is 5.24. The van der Waals surface area contributed by atoms with Crippen LogP contribution in [-0.2, 0) is 4.79 Å². The summed E-state index contributed by atoms with van der Waals surface area (Å²) in [6, 6.07) is 12.7. The summed E-state index contributed by atoms with van der Waals surface area (Å²) in [7, 11) is 3.16. The Kier molecular flexibility index (Phi) is 4.91. The molecule has 0 fully saturated rings. The number of amides is 1. The first-order valence-corrected chi connectivity index (χ1v) is 9.46. The summed E-state index contributed by atoms with van der Waals surface area (Å²) in [5.74, 6) is 1.75. The maximum Gasteiger partial charge on any atom is 0.248 e. The number of primary amides is 1. The number of methoxy groups -OCH3 is 2. The summed E-state index contributed by atoms with van der Waals surface area (Å²) in [4.78, 5) is 17.1. The Bertz CT molecular complexity index is 1170. The third kappa shape index (κ3) is 3.16. The van der Waals surface area contributed by atoms with Gasteiger partial charge in [-0.1, -0.05) is 24.3 Å². The average molecular weight is 405 g/mol. The molecule has 4 rings (SSSR count). The van der Waals surface area contributed by atoms with Crippen molar-refractivity contribution in [2.75, 3.05) is 19.5 Å². The summed E-state index contributed by atoms with van der Waals surface area (Å²) >= 11 is 0. The number of anilines is 1. The van der Waals surface area contributed by atoms with E-state index in [-0.39, 0.29) is 0 Å². The van der Waals surface area contributed by atoms with E-state index >= 15 is 0 Å². The molecule has 2 aromatic carbocycles. The number of aromatic nitrogens is 3. The molecule has 0 saturated heterocycles. The van der Waals surface area contributed by atoms with E-state index in [1.165, 1.54) is 0 Å². The zero-order valence-corrected chi connectivity index (χ0v) is 17.3. The molecule has 1 atom stereocenters. The molecule has 3 N–H and O–H groups in total. The molecule has 0 spiro atoms. The van der Waals surface area contributed by atoms with E-state index in [1.807, 2.05) is 43.3 Å². The van der Waals surface area contributed by atoms with Crippen LogP contribution in [0.4, 0.5) is 5.95 Å². The fourth-order valence-electron chi connectivity index (χ4n) is 3.74. The van der Waals surface area contributed by atoms with Gasteiger partial charge >= 0.3 is 0 Å². The number of hydrogen-bond acceptors (Lipinski definition) is 6. The van der Waals surface area contributed by atoms with Crippen LogP contribution in [0.5, 0.6) is 11.5 Å². The van der Waals surface area contributed by atoms with Gasteiger partial charge in [0.1, 0.15) is 17.5 Å². The van der Waals surface area contributed by atoms with Gasteiger partial charge < -0.3 is 20.5 Å². The lowest BCUT2D eigenvalue weighted by Gasteiger charge is -2.28. The number of ether oxygens (including phenoxy) is 2. The summed E-state index contributed by atoms with van der Waals surface area (Å²) in [5.41, 5.74) is 9.49. The Morgan fingerprint density at radius 3 is 2.57 bits per heavy atom. The van der Waals surface area contributed by atoms with Crippen molar-refractivity contribution in [2.45, 2.75) is 19.9 Å². The highest BCUT2D eigenvalue weighted by molar-refractivity contribution is 5.95. The van der Waals surface area contributed by atoms with Crippen molar-refractivity contribution in [1.29, 1.82) is 0 Å². The second-order valence-electron chi connectivity index (χ2n) is 7.06. The van der Waals surface area contributed by atoms with Gasteiger partial charge in [0, 0.05) is 22.9 Å². The van der Waals surface area contributed by atoms with E-state index < -0.39 is 11.9 Å². The summed E-state index contributed by atoms with van der Waals surface area (Å²) in [6.07, 6.45) is 0. The number of nitrogens with zero attached hydrogens (tertiary/aromatic N) is 3. The molecule has 3 aromatic rings. The number of fused-ring (bicyclic) bond motifs is 1. The second kappa shape index (κ2) is 7.55. The number of benzene rings is 2. The topological polar surface area (TPSA) is 104 Å². The first-order valence-electron chi connectivity index (χ1n) is 9.46. The Hall–Kier alpha value is -3.81. The molecule has 1 aliphatic heterocycles. The summed E-state index contributed by atoms with van der Waals surface area (Å²) in [5, 5.41) is 7.90. The molecular formula is C22H23N5O3. The van der Waals surface area contributed by atoms with Crippen molar-refractivity contribution in [2.24, 2.45) is 5.73 Å². The Labute approximate surface area is 174 Å². The van der Waals surface area contributed by atoms with Gasteiger partial charge in [-0.3, -0.25) is 4.79 Å². The first-order chi connectivity index (χ1) is 14.4. The normalized spacial score (nSPS) is 15.4. The van der Waals surface area contributed by atoms with E-state index in [2.05, 4.69) is 10.3 Å². The number of nitrogens with two attached hydrogens (primary N) is 1. The van der Waals surface area contributed by atoms with Crippen LogP contribution < -0.4 is 20.5 Å². The minimum Gasteiger partial charge on any atom is -0.497 e. The number of carbonyl (C=O) groups is 1. The van der Waals surface area contributed by atoms with Gasteiger partial charge in [-0.2, -0.15) is 4.98 Å². The van der Waals surface area contributed by atoms with E-state index in [0.717, 1.165) is 16.7 Å². The molecule has 1 amide bonds. The Balaban J connectivity index is 1.93. The molecule has 1 aliphatic rings. The zero-order chi connectivity index (χ0) is 21.4. The molecule has 8 heteroatoms. The summed E-state index contributed by atoms with van der Waals surface area (Å²) < 4.78 is 12.6. The van der Waals surface area contributed by atoms with Crippen LogP contribution in [0.25, 0.3) is 11.4 Å². The van der Waals surface area contributed by atoms with Gasteiger partial charge in [0.15, 0.2) is 5.82 Å². The van der Waals surface area contributed by atoms with Crippen LogP contribution in [0.2, 0.25) is 0 Å². The zero-order valence-electron chi connectivity index (χ0n) is 17.3. The largest absolute Gasteiger partial charge is 0.497 e. The highest BCUT2D eigenvalue weighted by Gasteiger charge is 2.35. The lowest BCUT2D eigenvalue weighted by Crippen LogP contribution is -2.32. The van der Waals surface area contributed by atoms with Crippen molar-refractivity contribution in [1.82, 2.24) is 14.8 Å². The van der Waals surface area contributed by atoms with Crippen molar-refractivity contribution >= 4 is 11.9 Å². The van der Waals surface area contributed by atoms with Crippen LogP contribution in [0.15, 0.2) is 53.7 Å². The molecule has 8 nitrogen and oxygen atoms in total. The molecule has 30 heavy (non-hydrogen) atoms. The number of allylic oxidation sites excluding steroid dienone is 1. The molecule has 1 unspecified atom stereocenters. The Morgan fingerprint density at radius 2 is 1.90 bits per heavy atom. The van der Waals surface area contributed by atoms with E-state index in [9.17, 15) is 4.79 Å². The minimum atomic E-state index is -0.593. The van der Waals surface area contributed by atoms with Crippen LogP contribution in [-0.4, -0.2) is 34.9 Å². The summed E-state index contributed by atoms with van der Waals surface area (Å²) in [6.45, 7) is 3.81. The molecule has 1 aromatic heterocycles. The van der Waals surface area contributed by atoms with Crippen molar-refractivity contribution in [3.63, 3.8) is 0 Å². The van der Waals surface area contributed by atoms with Gasteiger partial charge in [0.05, 0.1) is 19.8 Å². The molecule has 154 valence electrons. The number of nitrogens with one attached hydrogen (secondary N) is 1. The first kappa shape index (κ1) is 19.5. The molecular weight excluding hydrogens is 382 g/mol. The van der Waals surface area contributed by atoms with Crippen LogP contribution in [0.1, 0.15) is 24.1 Å². The SMILES string of the molecule is COc1ccc(C2C(C(N)=O)=C(C)Nc3nc(-c4ccccc4C)nn32)c(OC)c1. The van der Waals surface area contributed by atoms with E-state index in [4.69, 9.17) is 20.3 Å². The van der Waals surface area contributed by atoms with Gasteiger partial charge in [0.2, 0.25) is 11.9 Å². The van der Waals surface area contributed by atoms with Crippen LogP contribution in [0, 0.1) is 6.92 Å².